The third-order valence-corrected chi connectivity index (χ3v) is 2.72. The Balaban J connectivity index is 2.47. The molecular weight excluding hydrogens is 240 g/mol. The zero-order valence-corrected chi connectivity index (χ0v) is 8.84. The first kappa shape index (κ1) is 11.1. The molecule has 0 saturated heterocycles. The number of rotatable bonds is 0. The molecule has 0 bridgehead atoms. The molecule has 1 aromatic carbocycles. The third-order valence-electron chi connectivity index (χ3n) is 2.48. The van der Waals surface area contributed by atoms with Gasteiger partial charge in [-0.2, -0.15) is 8.78 Å². The average molecular weight is 248 g/mol. The third kappa shape index (κ3) is 1.82. The summed E-state index contributed by atoms with van der Waals surface area (Å²) in [5.74, 6) is -3.16. The molecule has 1 amide bonds. The number of benzene rings is 1. The van der Waals surface area contributed by atoms with E-state index >= 15 is 0 Å². The van der Waals surface area contributed by atoms with Crippen LogP contribution in [0.25, 0.3) is 0 Å². The minimum atomic E-state index is -3.16. The number of carbonyl (C=O) groups is 1. The summed E-state index contributed by atoms with van der Waals surface area (Å²) in [5, 5.41) is 9.05. The smallest absolute Gasteiger partial charge is 0.407 e. The molecule has 16 heavy (non-hydrogen) atoms. The van der Waals surface area contributed by atoms with E-state index in [2.05, 4.69) is 0 Å². The minimum absolute atomic E-state index is 0.0547. The van der Waals surface area contributed by atoms with Gasteiger partial charge in [-0.05, 0) is 17.7 Å². The van der Waals surface area contributed by atoms with Crippen molar-refractivity contribution in [2.45, 2.75) is 12.5 Å². The highest BCUT2D eigenvalue weighted by Gasteiger charge is 2.41. The van der Waals surface area contributed by atoms with E-state index in [0.717, 1.165) is 0 Å². The molecule has 1 heterocycles. The van der Waals surface area contributed by atoms with Crippen molar-refractivity contribution < 1.29 is 18.7 Å². The summed E-state index contributed by atoms with van der Waals surface area (Å²) in [6, 6.07) is 4.00. The Hall–Kier alpha value is -1.36. The van der Waals surface area contributed by atoms with Crippen LogP contribution in [0.5, 0.6) is 0 Å². The highest BCUT2D eigenvalue weighted by molar-refractivity contribution is 6.30. The summed E-state index contributed by atoms with van der Waals surface area (Å²) in [4.78, 5) is 11.4. The number of halogens is 3. The molecule has 86 valence electrons. The van der Waals surface area contributed by atoms with E-state index in [-0.39, 0.29) is 17.7 Å². The molecule has 0 saturated carbocycles. The van der Waals surface area contributed by atoms with Crippen molar-refractivity contribution in [1.29, 1.82) is 0 Å². The molecule has 0 spiro atoms. The van der Waals surface area contributed by atoms with Gasteiger partial charge in [0.25, 0.3) is 5.92 Å². The Morgan fingerprint density at radius 2 is 2.19 bits per heavy atom. The lowest BCUT2D eigenvalue weighted by molar-refractivity contribution is -0.0463. The van der Waals surface area contributed by atoms with E-state index in [1.807, 2.05) is 0 Å². The molecule has 1 N–H and O–H groups in total. The Labute approximate surface area is 95.2 Å². The first-order valence-electron chi connectivity index (χ1n) is 4.55. The molecule has 1 aromatic rings. The van der Waals surface area contributed by atoms with Crippen molar-refractivity contribution >= 4 is 17.7 Å². The number of amides is 1. The van der Waals surface area contributed by atoms with Crippen LogP contribution >= 0.6 is 11.6 Å². The number of nitrogens with zero attached hydrogens (tertiary/aromatic N) is 1. The number of fused-ring (bicyclic) bond motifs is 1. The van der Waals surface area contributed by atoms with Crippen LogP contribution in [0.1, 0.15) is 11.1 Å². The van der Waals surface area contributed by atoms with E-state index in [9.17, 15) is 13.6 Å². The van der Waals surface area contributed by atoms with Crippen LogP contribution in [0.4, 0.5) is 13.6 Å². The van der Waals surface area contributed by atoms with E-state index in [1.54, 1.807) is 0 Å². The fourth-order valence-corrected chi connectivity index (χ4v) is 1.97. The molecule has 6 heteroatoms. The Morgan fingerprint density at radius 3 is 2.81 bits per heavy atom. The highest BCUT2D eigenvalue weighted by Crippen LogP contribution is 2.37. The van der Waals surface area contributed by atoms with Crippen molar-refractivity contribution in [3.63, 3.8) is 0 Å². The Bertz CT molecular complexity index is 450. The summed E-state index contributed by atoms with van der Waals surface area (Å²) in [6.45, 7) is -0.863. The molecule has 1 aliphatic heterocycles. The van der Waals surface area contributed by atoms with Crippen LogP contribution in [0.3, 0.4) is 0 Å². The lowest BCUT2D eigenvalue weighted by Crippen LogP contribution is -2.43. The molecule has 3 nitrogen and oxygen atoms in total. The van der Waals surface area contributed by atoms with Gasteiger partial charge in [0.05, 0.1) is 6.54 Å². The summed E-state index contributed by atoms with van der Waals surface area (Å²) >= 11 is 5.69. The van der Waals surface area contributed by atoms with E-state index in [0.29, 0.717) is 9.92 Å². The quantitative estimate of drug-likeness (QED) is 0.766. The molecule has 0 aromatic heterocycles. The number of alkyl halides is 2. The molecule has 0 radical (unpaired) electrons. The zero-order chi connectivity index (χ0) is 11.9. The Kier molecular flexibility index (Phi) is 2.50. The van der Waals surface area contributed by atoms with Gasteiger partial charge in [0.15, 0.2) is 0 Å². The second-order valence-electron chi connectivity index (χ2n) is 3.64. The van der Waals surface area contributed by atoms with Crippen molar-refractivity contribution in [3.8, 4) is 0 Å². The van der Waals surface area contributed by atoms with Crippen molar-refractivity contribution in [1.82, 2.24) is 4.90 Å². The fraction of sp³-hybridized carbons (Fsp3) is 0.300. The Morgan fingerprint density at radius 1 is 1.50 bits per heavy atom. The zero-order valence-electron chi connectivity index (χ0n) is 8.08. The molecule has 2 rings (SSSR count). The van der Waals surface area contributed by atoms with Gasteiger partial charge in [0.1, 0.15) is 0 Å². The van der Waals surface area contributed by atoms with Gasteiger partial charge in [0, 0.05) is 17.1 Å². The van der Waals surface area contributed by atoms with Gasteiger partial charge in [-0.3, -0.25) is 4.90 Å². The maximum atomic E-state index is 13.6. The van der Waals surface area contributed by atoms with E-state index < -0.39 is 18.6 Å². The normalized spacial score (nSPS) is 18.1. The second kappa shape index (κ2) is 3.59. The SMILES string of the molecule is O=C(O)N1Cc2cc(Cl)ccc2C(F)(F)C1. The lowest BCUT2D eigenvalue weighted by Gasteiger charge is -2.32. The number of hydrogen-bond acceptors (Lipinski definition) is 1. The predicted molar refractivity (Wildman–Crippen MR) is 53.8 cm³/mol. The number of hydrogen-bond donors (Lipinski definition) is 1. The molecular formula is C10H8ClF2NO2. The van der Waals surface area contributed by atoms with Crippen LogP contribution in [0.2, 0.25) is 5.02 Å². The molecule has 0 unspecified atom stereocenters. The maximum absolute atomic E-state index is 13.6. The average Bonchev–Trinajstić information content (AvgIpc) is 2.15. The van der Waals surface area contributed by atoms with Crippen LogP contribution in [-0.2, 0) is 12.5 Å². The largest absolute Gasteiger partial charge is 0.465 e. The van der Waals surface area contributed by atoms with Crippen LogP contribution in [0.15, 0.2) is 18.2 Å². The van der Waals surface area contributed by atoms with Crippen molar-refractivity contribution in [2.24, 2.45) is 0 Å². The molecule has 1 aliphatic rings. The predicted octanol–water partition coefficient (Wildman–Crippen LogP) is 2.93. The summed E-state index contributed by atoms with van der Waals surface area (Å²) in [6.07, 6.45) is -1.36. The molecule has 0 fully saturated rings. The van der Waals surface area contributed by atoms with Gasteiger partial charge in [0.2, 0.25) is 0 Å². The first-order chi connectivity index (χ1) is 7.40. The van der Waals surface area contributed by atoms with Gasteiger partial charge >= 0.3 is 6.09 Å². The summed E-state index contributed by atoms with van der Waals surface area (Å²) in [5.41, 5.74) is 0.112. The van der Waals surface area contributed by atoms with E-state index in [4.69, 9.17) is 16.7 Å². The minimum Gasteiger partial charge on any atom is -0.465 e. The lowest BCUT2D eigenvalue weighted by atomic mass is 9.97. The number of carboxylic acid groups (broad SMARTS) is 1. The maximum Gasteiger partial charge on any atom is 0.407 e. The van der Waals surface area contributed by atoms with Crippen LogP contribution in [0, 0.1) is 0 Å². The van der Waals surface area contributed by atoms with Gasteiger partial charge in [-0.25, -0.2) is 4.79 Å². The van der Waals surface area contributed by atoms with Crippen molar-refractivity contribution in [3.05, 3.63) is 34.3 Å². The van der Waals surface area contributed by atoms with Gasteiger partial charge in [-0.1, -0.05) is 17.7 Å². The van der Waals surface area contributed by atoms with Gasteiger partial charge < -0.3 is 5.11 Å². The van der Waals surface area contributed by atoms with Crippen molar-refractivity contribution in [2.75, 3.05) is 6.54 Å². The summed E-state index contributed by atoms with van der Waals surface area (Å²) in [7, 11) is 0. The molecule has 0 atom stereocenters. The first-order valence-corrected chi connectivity index (χ1v) is 4.92. The van der Waals surface area contributed by atoms with Crippen LogP contribution < -0.4 is 0 Å². The second-order valence-corrected chi connectivity index (χ2v) is 4.08. The van der Waals surface area contributed by atoms with Crippen LogP contribution in [-0.4, -0.2) is 22.6 Å². The fourth-order valence-electron chi connectivity index (χ4n) is 1.77. The standard InChI is InChI=1S/C10H8ClF2NO2/c11-7-1-2-8-6(3-7)4-14(9(15)16)5-10(8,12)13/h1-3H,4-5H2,(H,15,16). The summed E-state index contributed by atoms with van der Waals surface area (Å²) < 4.78 is 27.2. The topological polar surface area (TPSA) is 40.5 Å². The molecule has 0 aliphatic carbocycles. The van der Waals surface area contributed by atoms with Gasteiger partial charge in [-0.15, -0.1) is 0 Å². The van der Waals surface area contributed by atoms with E-state index in [1.165, 1.54) is 18.2 Å². The highest BCUT2D eigenvalue weighted by atomic mass is 35.5. The monoisotopic (exact) mass is 247 g/mol.